The minimum Gasteiger partial charge on any atom is -0.385 e. The molecule has 5 nitrogen and oxygen atoms in total. The van der Waals surface area contributed by atoms with Gasteiger partial charge in [0.15, 0.2) is 5.96 Å². The van der Waals surface area contributed by atoms with Gasteiger partial charge in [-0.25, -0.2) is 0 Å². The van der Waals surface area contributed by atoms with Crippen LogP contribution in [0.3, 0.4) is 0 Å². The van der Waals surface area contributed by atoms with E-state index in [4.69, 9.17) is 9.47 Å². The molecule has 0 aliphatic carbocycles. The number of methoxy groups -OCH3 is 2. The van der Waals surface area contributed by atoms with E-state index in [1.54, 1.807) is 14.2 Å². The number of ether oxygens (including phenoxy) is 2. The SMILES string of the molecule is CCNC(=NCCCOC)NCCCOC.I. The Bertz CT molecular complexity index is 180. The molecule has 0 aromatic heterocycles. The highest BCUT2D eigenvalue weighted by Crippen LogP contribution is 1.83. The minimum absolute atomic E-state index is 0. The van der Waals surface area contributed by atoms with Gasteiger partial charge < -0.3 is 20.1 Å². The van der Waals surface area contributed by atoms with E-state index in [-0.39, 0.29) is 24.0 Å². The predicted molar refractivity (Wildman–Crippen MR) is 82.4 cm³/mol. The van der Waals surface area contributed by atoms with Crippen LogP contribution in [0, 0.1) is 0 Å². The van der Waals surface area contributed by atoms with Crippen LogP contribution < -0.4 is 10.6 Å². The maximum Gasteiger partial charge on any atom is 0.191 e. The second kappa shape index (κ2) is 15.9. The van der Waals surface area contributed by atoms with Crippen molar-refractivity contribution in [3.05, 3.63) is 0 Å². The van der Waals surface area contributed by atoms with Crippen LogP contribution in [0.4, 0.5) is 0 Å². The summed E-state index contributed by atoms with van der Waals surface area (Å²) < 4.78 is 9.95. The zero-order chi connectivity index (χ0) is 12.1. The van der Waals surface area contributed by atoms with E-state index in [9.17, 15) is 0 Å². The van der Waals surface area contributed by atoms with Crippen LogP contribution in [0.2, 0.25) is 0 Å². The molecule has 0 saturated heterocycles. The number of guanidine groups is 1. The van der Waals surface area contributed by atoms with Crippen LogP contribution in [0.1, 0.15) is 19.8 Å². The first-order valence-electron chi connectivity index (χ1n) is 5.85. The molecular formula is C11H26IN3O2. The number of halogens is 1. The third-order valence-corrected chi connectivity index (χ3v) is 1.94. The summed E-state index contributed by atoms with van der Waals surface area (Å²) in [6.07, 6.45) is 1.93. The first-order chi connectivity index (χ1) is 7.85. The van der Waals surface area contributed by atoms with E-state index >= 15 is 0 Å². The van der Waals surface area contributed by atoms with Crippen molar-refractivity contribution < 1.29 is 9.47 Å². The smallest absolute Gasteiger partial charge is 0.191 e. The molecule has 0 atom stereocenters. The Morgan fingerprint density at radius 3 is 2.29 bits per heavy atom. The minimum atomic E-state index is 0. The quantitative estimate of drug-likeness (QED) is 0.282. The summed E-state index contributed by atoms with van der Waals surface area (Å²) in [5.74, 6) is 0.870. The predicted octanol–water partition coefficient (Wildman–Crippen LogP) is 1.23. The van der Waals surface area contributed by atoms with Crippen molar-refractivity contribution in [2.45, 2.75) is 19.8 Å². The Labute approximate surface area is 122 Å². The first kappa shape index (κ1) is 19.3. The Balaban J connectivity index is 0. The van der Waals surface area contributed by atoms with Crippen molar-refractivity contribution in [3.63, 3.8) is 0 Å². The summed E-state index contributed by atoms with van der Waals surface area (Å²) in [4.78, 5) is 4.42. The third kappa shape index (κ3) is 13.9. The van der Waals surface area contributed by atoms with Gasteiger partial charge in [0.05, 0.1) is 0 Å². The highest BCUT2D eigenvalue weighted by molar-refractivity contribution is 14.0. The van der Waals surface area contributed by atoms with E-state index in [0.717, 1.165) is 51.6 Å². The van der Waals surface area contributed by atoms with Gasteiger partial charge >= 0.3 is 0 Å². The van der Waals surface area contributed by atoms with Crippen molar-refractivity contribution >= 4 is 29.9 Å². The van der Waals surface area contributed by atoms with Crippen LogP contribution in [0.5, 0.6) is 0 Å². The summed E-state index contributed by atoms with van der Waals surface area (Å²) >= 11 is 0. The molecule has 0 aromatic rings. The average Bonchev–Trinajstić information content (AvgIpc) is 2.30. The topological polar surface area (TPSA) is 54.9 Å². The lowest BCUT2D eigenvalue weighted by Crippen LogP contribution is -2.38. The molecule has 104 valence electrons. The van der Waals surface area contributed by atoms with Crippen molar-refractivity contribution in [1.29, 1.82) is 0 Å². The summed E-state index contributed by atoms with van der Waals surface area (Å²) in [7, 11) is 3.42. The molecule has 0 fully saturated rings. The van der Waals surface area contributed by atoms with Crippen LogP contribution >= 0.6 is 24.0 Å². The Morgan fingerprint density at radius 1 is 1.06 bits per heavy atom. The van der Waals surface area contributed by atoms with Crippen molar-refractivity contribution in [3.8, 4) is 0 Å². The molecule has 0 unspecified atom stereocenters. The maximum absolute atomic E-state index is 4.98. The van der Waals surface area contributed by atoms with E-state index in [0.29, 0.717) is 0 Å². The van der Waals surface area contributed by atoms with Crippen molar-refractivity contribution in [1.82, 2.24) is 10.6 Å². The van der Waals surface area contributed by atoms with Gasteiger partial charge in [0.1, 0.15) is 0 Å². The number of nitrogens with one attached hydrogen (secondary N) is 2. The standard InChI is InChI=1S/C11H25N3O2.HI/c1-4-12-11(13-7-5-9-15-2)14-8-6-10-16-3;/h4-10H2,1-3H3,(H2,12,13,14);1H. The lowest BCUT2D eigenvalue weighted by molar-refractivity contribution is 0.195. The molecule has 0 aromatic carbocycles. The molecule has 0 saturated carbocycles. The molecule has 0 rings (SSSR count). The second-order valence-corrected chi connectivity index (χ2v) is 3.38. The molecule has 6 heteroatoms. The zero-order valence-corrected chi connectivity index (χ0v) is 13.5. The highest BCUT2D eigenvalue weighted by atomic mass is 127. The Hall–Kier alpha value is -0.0800. The van der Waals surface area contributed by atoms with Crippen LogP contribution in [-0.4, -0.2) is 53.0 Å². The van der Waals surface area contributed by atoms with Gasteiger partial charge in [-0.1, -0.05) is 0 Å². The largest absolute Gasteiger partial charge is 0.385 e. The number of rotatable bonds is 9. The lowest BCUT2D eigenvalue weighted by Gasteiger charge is -2.10. The monoisotopic (exact) mass is 359 g/mol. The third-order valence-electron chi connectivity index (χ3n) is 1.94. The number of hydrogen-bond donors (Lipinski definition) is 2. The summed E-state index contributed by atoms with van der Waals surface area (Å²) in [6, 6.07) is 0. The van der Waals surface area contributed by atoms with Gasteiger partial charge in [-0.15, -0.1) is 24.0 Å². The zero-order valence-electron chi connectivity index (χ0n) is 11.1. The van der Waals surface area contributed by atoms with Gasteiger partial charge in [0.2, 0.25) is 0 Å². The van der Waals surface area contributed by atoms with Gasteiger partial charge in [-0.3, -0.25) is 4.99 Å². The second-order valence-electron chi connectivity index (χ2n) is 3.38. The molecule has 0 radical (unpaired) electrons. The molecule has 0 aliphatic rings. The van der Waals surface area contributed by atoms with E-state index in [1.807, 2.05) is 0 Å². The summed E-state index contributed by atoms with van der Waals surface area (Å²) in [5, 5.41) is 6.44. The molecule has 0 spiro atoms. The lowest BCUT2D eigenvalue weighted by atomic mass is 10.4. The van der Waals surface area contributed by atoms with Crippen LogP contribution in [0.25, 0.3) is 0 Å². The first-order valence-corrected chi connectivity index (χ1v) is 5.85. The highest BCUT2D eigenvalue weighted by Gasteiger charge is 1.95. The average molecular weight is 359 g/mol. The molecule has 0 aliphatic heterocycles. The Morgan fingerprint density at radius 2 is 1.71 bits per heavy atom. The van der Waals surface area contributed by atoms with Crippen molar-refractivity contribution in [2.75, 3.05) is 47.1 Å². The fraction of sp³-hybridized carbons (Fsp3) is 0.909. The fourth-order valence-electron chi connectivity index (χ4n) is 1.16. The summed E-state index contributed by atoms with van der Waals surface area (Å²) in [6.45, 7) is 6.13. The maximum atomic E-state index is 4.98. The Kier molecular flexibility index (Phi) is 18.0. The van der Waals surface area contributed by atoms with E-state index < -0.39 is 0 Å². The van der Waals surface area contributed by atoms with E-state index in [1.165, 1.54) is 0 Å². The fourth-order valence-corrected chi connectivity index (χ4v) is 1.16. The molecule has 2 N–H and O–H groups in total. The van der Waals surface area contributed by atoms with Crippen LogP contribution in [0.15, 0.2) is 4.99 Å². The number of hydrogen-bond acceptors (Lipinski definition) is 3. The van der Waals surface area contributed by atoms with Crippen LogP contribution in [-0.2, 0) is 9.47 Å². The molecule has 17 heavy (non-hydrogen) atoms. The molecule has 0 heterocycles. The molecule has 0 amide bonds. The normalized spacial score (nSPS) is 10.9. The molecular weight excluding hydrogens is 333 g/mol. The number of aliphatic imine (C=N–C) groups is 1. The van der Waals surface area contributed by atoms with Gasteiger partial charge in [0.25, 0.3) is 0 Å². The van der Waals surface area contributed by atoms with Crippen molar-refractivity contribution in [2.24, 2.45) is 4.99 Å². The number of nitrogens with zero attached hydrogens (tertiary/aromatic N) is 1. The molecule has 0 bridgehead atoms. The van der Waals surface area contributed by atoms with Gasteiger partial charge in [-0.05, 0) is 19.8 Å². The summed E-state index contributed by atoms with van der Waals surface area (Å²) in [5.41, 5.74) is 0. The van der Waals surface area contributed by atoms with E-state index in [2.05, 4.69) is 22.5 Å². The van der Waals surface area contributed by atoms with Gasteiger partial charge in [-0.2, -0.15) is 0 Å². The van der Waals surface area contributed by atoms with Gasteiger partial charge in [0, 0.05) is 47.1 Å².